The summed E-state index contributed by atoms with van der Waals surface area (Å²) in [4.78, 5) is 34.0. The molecule has 0 atom stereocenters. The van der Waals surface area contributed by atoms with E-state index in [0.29, 0.717) is 10.9 Å². The summed E-state index contributed by atoms with van der Waals surface area (Å²) in [6, 6.07) is 12.8. The number of fused-ring (bicyclic) bond motifs is 1. The van der Waals surface area contributed by atoms with Gasteiger partial charge in [-0.05, 0) is 18.1 Å². The Bertz CT molecular complexity index is 1060. The van der Waals surface area contributed by atoms with Gasteiger partial charge in [0, 0.05) is 23.6 Å². The van der Waals surface area contributed by atoms with Crippen LogP contribution in [0.3, 0.4) is 0 Å². The van der Waals surface area contributed by atoms with E-state index in [1.165, 1.54) is 18.2 Å². The number of nitro benzene ring substituents is 1. The van der Waals surface area contributed by atoms with Gasteiger partial charge >= 0.3 is 17.3 Å². The number of rotatable bonds is 6. The lowest BCUT2D eigenvalue weighted by Crippen LogP contribution is -2.15. The van der Waals surface area contributed by atoms with E-state index in [1.54, 1.807) is 19.1 Å². The van der Waals surface area contributed by atoms with E-state index in [4.69, 9.17) is 13.9 Å². The fourth-order valence-electron chi connectivity index (χ4n) is 2.51. The summed E-state index contributed by atoms with van der Waals surface area (Å²) < 4.78 is 15.4. The highest BCUT2D eigenvalue weighted by Crippen LogP contribution is 2.33. The Kier molecular flexibility index (Phi) is 5.16. The zero-order valence-corrected chi connectivity index (χ0v) is 14.3. The fraction of sp³-hybridized carbons (Fsp3) is 0.158. The number of ether oxygens (including phenoxy) is 2. The van der Waals surface area contributed by atoms with Crippen molar-refractivity contribution in [1.82, 2.24) is 0 Å². The largest absolute Gasteiger partial charge is 0.475 e. The average Bonchev–Trinajstić information content (AvgIpc) is 2.64. The standard InChI is InChI=1S/C19H15NO7/c1-12-7-18(21)27-16-9-17(15(20(23)24)8-14(12)16)25-11-19(22)26-10-13-5-3-2-4-6-13/h2-9H,10-11H2,1H3. The molecular formula is C19H15NO7. The van der Waals surface area contributed by atoms with Crippen LogP contribution in [0.5, 0.6) is 5.75 Å². The quantitative estimate of drug-likeness (QED) is 0.284. The van der Waals surface area contributed by atoms with Gasteiger partial charge in [0.25, 0.3) is 0 Å². The van der Waals surface area contributed by atoms with Crippen molar-refractivity contribution in [3.8, 4) is 5.75 Å². The summed E-state index contributed by atoms with van der Waals surface area (Å²) in [5.41, 5.74) is 0.564. The maximum Gasteiger partial charge on any atom is 0.344 e. The third-order valence-electron chi connectivity index (χ3n) is 3.82. The number of carbonyl (C=O) groups is 1. The second-order valence-electron chi connectivity index (χ2n) is 5.76. The average molecular weight is 369 g/mol. The maximum atomic E-state index is 11.9. The van der Waals surface area contributed by atoms with Crippen molar-refractivity contribution in [1.29, 1.82) is 0 Å². The van der Waals surface area contributed by atoms with E-state index in [0.717, 1.165) is 5.56 Å². The number of esters is 1. The van der Waals surface area contributed by atoms with Gasteiger partial charge in [0.05, 0.1) is 4.92 Å². The molecule has 0 aliphatic heterocycles. The second-order valence-corrected chi connectivity index (χ2v) is 5.76. The number of aryl methyl sites for hydroxylation is 1. The van der Waals surface area contributed by atoms with Gasteiger partial charge in [-0.3, -0.25) is 10.1 Å². The first-order valence-corrected chi connectivity index (χ1v) is 7.99. The molecule has 0 saturated heterocycles. The molecular weight excluding hydrogens is 354 g/mol. The minimum Gasteiger partial charge on any atom is -0.475 e. The van der Waals surface area contributed by atoms with Crippen LogP contribution in [0.15, 0.2) is 57.7 Å². The number of hydrogen-bond donors (Lipinski definition) is 0. The van der Waals surface area contributed by atoms with Crippen molar-refractivity contribution in [2.45, 2.75) is 13.5 Å². The van der Waals surface area contributed by atoms with Crippen molar-refractivity contribution in [3.63, 3.8) is 0 Å². The van der Waals surface area contributed by atoms with Gasteiger partial charge in [-0.1, -0.05) is 30.3 Å². The highest BCUT2D eigenvalue weighted by molar-refractivity contribution is 5.85. The van der Waals surface area contributed by atoms with Gasteiger partial charge in [0.15, 0.2) is 6.61 Å². The second kappa shape index (κ2) is 7.69. The highest BCUT2D eigenvalue weighted by Gasteiger charge is 2.20. The van der Waals surface area contributed by atoms with Crippen LogP contribution in [0.25, 0.3) is 11.0 Å². The Hall–Kier alpha value is -3.68. The molecule has 0 unspecified atom stereocenters. The summed E-state index contributed by atoms with van der Waals surface area (Å²) in [7, 11) is 0. The summed E-state index contributed by atoms with van der Waals surface area (Å²) in [6.45, 7) is 1.19. The van der Waals surface area contributed by atoms with Crippen LogP contribution in [0.2, 0.25) is 0 Å². The molecule has 2 aromatic carbocycles. The third-order valence-corrected chi connectivity index (χ3v) is 3.82. The predicted octanol–water partition coefficient (Wildman–Crippen LogP) is 3.13. The molecule has 3 aromatic rings. The van der Waals surface area contributed by atoms with Gasteiger partial charge < -0.3 is 13.9 Å². The molecule has 0 fully saturated rings. The van der Waals surface area contributed by atoms with E-state index in [1.807, 2.05) is 18.2 Å². The lowest BCUT2D eigenvalue weighted by Gasteiger charge is -2.09. The Morgan fingerprint density at radius 1 is 1.19 bits per heavy atom. The molecule has 0 saturated carbocycles. The monoisotopic (exact) mass is 369 g/mol. The minimum absolute atomic E-state index is 0.0664. The van der Waals surface area contributed by atoms with Gasteiger partial charge in [-0.15, -0.1) is 0 Å². The molecule has 1 aromatic heterocycles. The number of carbonyl (C=O) groups excluding carboxylic acids is 1. The minimum atomic E-state index is -0.682. The number of nitrogens with zero attached hydrogens (tertiary/aromatic N) is 1. The van der Waals surface area contributed by atoms with Crippen LogP contribution in [0.1, 0.15) is 11.1 Å². The molecule has 0 aliphatic rings. The fourth-order valence-corrected chi connectivity index (χ4v) is 2.51. The molecule has 8 heteroatoms. The molecule has 138 valence electrons. The Balaban J connectivity index is 1.77. The SMILES string of the molecule is Cc1cc(=O)oc2cc(OCC(=O)OCc3ccccc3)c([N+](=O)[O-])cc12. The van der Waals surface area contributed by atoms with Crippen molar-refractivity contribution >= 4 is 22.6 Å². The highest BCUT2D eigenvalue weighted by atomic mass is 16.6. The maximum absolute atomic E-state index is 11.9. The first kappa shape index (κ1) is 18.1. The first-order chi connectivity index (χ1) is 12.9. The van der Waals surface area contributed by atoms with Crippen molar-refractivity contribution in [2.75, 3.05) is 6.61 Å². The van der Waals surface area contributed by atoms with Gasteiger partial charge in [-0.2, -0.15) is 0 Å². The van der Waals surface area contributed by atoms with E-state index in [-0.39, 0.29) is 23.6 Å². The Morgan fingerprint density at radius 2 is 1.93 bits per heavy atom. The van der Waals surface area contributed by atoms with Crippen LogP contribution in [0, 0.1) is 17.0 Å². The van der Waals surface area contributed by atoms with E-state index < -0.39 is 23.1 Å². The lowest BCUT2D eigenvalue weighted by atomic mass is 10.1. The van der Waals surface area contributed by atoms with Gasteiger partial charge in [0.1, 0.15) is 12.2 Å². The number of hydrogen-bond acceptors (Lipinski definition) is 7. The normalized spacial score (nSPS) is 10.6. The number of nitro groups is 1. The van der Waals surface area contributed by atoms with Gasteiger partial charge in [0.2, 0.25) is 5.75 Å². The molecule has 8 nitrogen and oxygen atoms in total. The topological polar surface area (TPSA) is 109 Å². The van der Waals surface area contributed by atoms with Crippen molar-refractivity contribution in [3.05, 3.63) is 80.2 Å². The van der Waals surface area contributed by atoms with Crippen LogP contribution in [0.4, 0.5) is 5.69 Å². The van der Waals surface area contributed by atoms with Gasteiger partial charge in [-0.25, -0.2) is 9.59 Å². The van der Waals surface area contributed by atoms with Crippen molar-refractivity contribution in [2.24, 2.45) is 0 Å². The molecule has 27 heavy (non-hydrogen) atoms. The summed E-state index contributed by atoms with van der Waals surface area (Å²) in [6.07, 6.45) is 0. The molecule has 0 radical (unpaired) electrons. The zero-order valence-electron chi connectivity index (χ0n) is 14.3. The third kappa shape index (κ3) is 4.30. The molecule has 0 amide bonds. The van der Waals surface area contributed by atoms with Crippen LogP contribution in [-0.4, -0.2) is 17.5 Å². The van der Waals surface area contributed by atoms with Crippen LogP contribution in [-0.2, 0) is 16.1 Å². The van der Waals surface area contributed by atoms with Crippen LogP contribution < -0.4 is 10.4 Å². The molecule has 0 aliphatic carbocycles. The Morgan fingerprint density at radius 3 is 2.63 bits per heavy atom. The van der Waals surface area contributed by atoms with Crippen LogP contribution >= 0.6 is 0 Å². The molecule has 0 N–H and O–H groups in total. The van der Waals surface area contributed by atoms with E-state index in [2.05, 4.69) is 0 Å². The summed E-state index contributed by atoms with van der Waals surface area (Å²) >= 11 is 0. The smallest absolute Gasteiger partial charge is 0.344 e. The Labute approximate surface area is 153 Å². The van der Waals surface area contributed by atoms with E-state index in [9.17, 15) is 19.7 Å². The summed E-state index contributed by atoms with van der Waals surface area (Å²) in [5.74, 6) is -0.864. The molecule has 1 heterocycles. The van der Waals surface area contributed by atoms with Crippen molar-refractivity contribution < 1.29 is 23.6 Å². The number of benzene rings is 2. The molecule has 0 spiro atoms. The first-order valence-electron chi connectivity index (χ1n) is 7.99. The molecule has 0 bridgehead atoms. The predicted molar refractivity (Wildman–Crippen MR) is 95.6 cm³/mol. The van der Waals surface area contributed by atoms with E-state index >= 15 is 0 Å². The molecule has 3 rings (SSSR count). The summed E-state index contributed by atoms with van der Waals surface area (Å²) in [5, 5.41) is 11.7. The lowest BCUT2D eigenvalue weighted by molar-refractivity contribution is -0.385. The zero-order chi connectivity index (χ0) is 19.4.